The zero-order valence-corrected chi connectivity index (χ0v) is 28.9. The molecule has 5 rings (SSSR count). The van der Waals surface area contributed by atoms with Gasteiger partial charge < -0.3 is 4.74 Å². The molecule has 0 aliphatic heterocycles. The van der Waals surface area contributed by atoms with E-state index in [2.05, 4.69) is 148 Å². The molecule has 0 atom stereocenters. The number of rotatable bonds is 8. The Hall–Kier alpha value is -3.36. The molecule has 0 fully saturated rings. The third kappa shape index (κ3) is 5.55. The molecule has 0 aromatic heterocycles. The molecule has 0 N–H and O–H groups in total. The zero-order chi connectivity index (χ0) is 31.2. The number of hydrogen-bond acceptors (Lipinski definition) is 1. The lowest BCUT2D eigenvalue weighted by molar-refractivity contribution is 0.367. The highest BCUT2D eigenvalue weighted by Gasteiger charge is 2.48. The quantitative estimate of drug-likeness (QED) is 0.147. The molecule has 2 heteroatoms. The summed E-state index contributed by atoms with van der Waals surface area (Å²) in [6.45, 7) is 25.7. The van der Waals surface area contributed by atoms with Gasteiger partial charge in [0.05, 0.1) is 0 Å². The summed E-state index contributed by atoms with van der Waals surface area (Å²) in [6, 6.07) is 32.5. The molecule has 0 saturated heterocycles. The van der Waals surface area contributed by atoms with Crippen LogP contribution in [0.2, 0.25) is 12.1 Å². The summed E-state index contributed by atoms with van der Waals surface area (Å²) >= 11 is 0. The first-order chi connectivity index (χ1) is 20.4. The standard InChI is InChI=1S/C41H50OSi/c1-11-23-42-38-34(29-17-15-14-16-18-29)24-28(4)25-37(38)43(12-2,13-3)39-35-26-30(40(5,6)7)19-21-32(35)33-22-20-31(27-36(33)39)41(8,9)10/h11,14-22,24-27,39H,1,12-13,23H2,2-10H3. The van der Waals surface area contributed by atoms with Gasteiger partial charge >= 0.3 is 0 Å². The molecule has 1 nitrogen and oxygen atoms in total. The minimum Gasteiger partial charge on any atom is -0.489 e. The lowest BCUT2D eigenvalue weighted by Crippen LogP contribution is -2.53. The summed E-state index contributed by atoms with van der Waals surface area (Å²) in [5.74, 6) is 1.06. The van der Waals surface area contributed by atoms with Crippen LogP contribution in [0.15, 0.2) is 91.5 Å². The zero-order valence-electron chi connectivity index (χ0n) is 27.9. The van der Waals surface area contributed by atoms with E-state index in [-0.39, 0.29) is 10.8 Å². The van der Waals surface area contributed by atoms with E-state index in [4.69, 9.17) is 4.74 Å². The molecule has 0 heterocycles. The van der Waals surface area contributed by atoms with E-state index in [1.807, 2.05) is 6.08 Å². The maximum Gasteiger partial charge on any atom is 0.126 e. The number of benzene rings is 4. The van der Waals surface area contributed by atoms with Crippen molar-refractivity contribution in [2.45, 2.75) is 90.8 Å². The Morgan fingerprint density at radius 1 is 0.721 bits per heavy atom. The van der Waals surface area contributed by atoms with Gasteiger partial charge in [-0.05, 0) is 68.0 Å². The average molecular weight is 587 g/mol. The SMILES string of the molecule is C=CCOc1c(-c2ccccc2)cc(C)cc1[Si](CC)(CC)C1c2cc(C(C)(C)C)ccc2-c2ccc(C(C)(C)C)cc21. The second-order valence-corrected chi connectivity index (χ2v) is 19.4. The highest BCUT2D eigenvalue weighted by molar-refractivity contribution is 6.94. The summed E-state index contributed by atoms with van der Waals surface area (Å²) in [5.41, 5.74) is 12.9. The van der Waals surface area contributed by atoms with Crippen LogP contribution in [-0.2, 0) is 10.8 Å². The first-order valence-corrected chi connectivity index (χ1v) is 18.6. The third-order valence-electron chi connectivity index (χ3n) is 9.76. The highest BCUT2D eigenvalue weighted by atomic mass is 28.3. The molecule has 0 bridgehead atoms. The van der Waals surface area contributed by atoms with Crippen molar-refractivity contribution in [1.29, 1.82) is 0 Å². The van der Waals surface area contributed by atoms with Crippen molar-refractivity contribution in [3.05, 3.63) is 119 Å². The molecule has 0 radical (unpaired) electrons. The van der Waals surface area contributed by atoms with Crippen LogP contribution in [-0.4, -0.2) is 14.7 Å². The molecule has 0 amide bonds. The smallest absolute Gasteiger partial charge is 0.126 e. The molecule has 1 aliphatic rings. The van der Waals surface area contributed by atoms with E-state index in [1.54, 1.807) is 0 Å². The van der Waals surface area contributed by atoms with Gasteiger partial charge in [-0.15, -0.1) is 0 Å². The first-order valence-electron chi connectivity index (χ1n) is 16.1. The van der Waals surface area contributed by atoms with E-state index in [9.17, 15) is 0 Å². The molecular formula is C41H50OSi. The predicted molar refractivity (Wildman–Crippen MR) is 190 cm³/mol. The Balaban J connectivity index is 1.87. The average Bonchev–Trinajstić information content (AvgIpc) is 3.30. The van der Waals surface area contributed by atoms with Gasteiger partial charge in [0.1, 0.15) is 20.4 Å². The van der Waals surface area contributed by atoms with Gasteiger partial charge in [0, 0.05) is 11.1 Å². The second-order valence-electron chi connectivity index (χ2n) is 14.6. The molecule has 0 spiro atoms. The Morgan fingerprint density at radius 2 is 1.26 bits per heavy atom. The number of aryl methyl sites for hydroxylation is 1. The normalized spacial score (nSPS) is 13.5. The Morgan fingerprint density at radius 3 is 1.72 bits per heavy atom. The van der Waals surface area contributed by atoms with Crippen molar-refractivity contribution < 1.29 is 4.74 Å². The Bertz CT molecular complexity index is 1560. The molecule has 0 unspecified atom stereocenters. The fourth-order valence-electron chi connectivity index (χ4n) is 7.26. The van der Waals surface area contributed by atoms with Crippen LogP contribution in [0.1, 0.15) is 88.7 Å². The lowest BCUT2D eigenvalue weighted by atomic mass is 9.85. The van der Waals surface area contributed by atoms with Gasteiger partial charge in [-0.1, -0.05) is 158 Å². The molecule has 4 aromatic carbocycles. The lowest BCUT2D eigenvalue weighted by Gasteiger charge is -2.40. The Labute approximate surface area is 262 Å². The van der Waals surface area contributed by atoms with E-state index in [1.165, 1.54) is 55.3 Å². The van der Waals surface area contributed by atoms with Crippen LogP contribution in [0.4, 0.5) is 0 Å². The fraction of sp³-hybridized carbons (Fsp3) is 0.366. The molecule has 0 saturated carbocycles. The topological polar surface area (TPSA) is 9.23 Å². The first kappa shape index (κ1) is 31.1. The van der Waals surface area contributed by atoms with Crippen molar-refractivity contribution in [2.75, 3.05) is 6.61 Å². The van der Waals surface area contributed by atoms with Crippen LogP contribution in [0.25, 0.3) is 22.3 Å². The second kappa shape index (κ2) is 11.6. The summed E-state index contributed by atoms with van der Waals surface area (Å²) < 4.78 is 6.74. The number of fused-ring (bicyclic) bond motifs is 3. The van der Waals surface area contributed by atoms with Crippen molar-refractivity contribution >= 4 is 13.3 Å². The van der Waals surface area contributed by atoms with Gasteiger partial charge in [0.25, 0.3) is 0 Å². The van der Waals surface area contributed by atoms with Crippen LogP contribution >= 0.6 is 0 Å². The maximum absolute atomic E-state index is 6.74. The molecule has 1 aliphatic carbocycles. The van der Waals surface area contributed by atoms with Crippen molar-refractivity contribution in [1.82, 2.24) is 0 Å². The van der Waals surface area contributed by atoms with Crippen molar-refractivity contribution in [3.63, 3.8) is 0 Å². The predicted octanol–water partition coefficient (Wildman–Crippen LogP) is 10.9. The van der Waals surface area contributed by atoms with E-state index in [0.717, 1.165) is 17.8 Å². The van der Waals surface area contributed by atoms with Gasteiger partial charge in [0.15, 0.2) is 0 Å². The summed E-state index contributed by atoms with van der Waals surface area (Å²) in [5, 5.41) is 1.45. The van der Waals surface area contributed by atoms with E-state index >= 15 is 0 Å². The van der Waals surface area contributed by atoms with Gasteiger partial charge in [-0.2, -0.15) is 0 Å². The monoisotopic (exact) mass is 586 g/mol. The van der Waals surface area contributed by atoms with Crippen LogP contribution in [0.5, 0.6) is 5.75 Å². The minimum atomic E-state index is -2.30. The fourth-order valence-corrected chi connectivity index (χ4v) is 12.5. The molecular weight excluding hydrogens is 537 g/mol. The molecule has 43 heavy (non-hydrogen) atoms. The van der Waals surface area contributed by atoms with Gasteiger partial charge in [0.2, 0.25) is 0 Å². The number of hydrogen-bond donors (Lipinski definition) is 0. The third-order valence-corrected chi connectivity index (χ3v) is 15.5. The van der Waals surface area contributed by atoms with Crippen molar-refractivity contribution in [3.8, 4) is 28.0 Å². The van der Waals surface area contributed by atoms with Crippen LogP contribution < -0.4 is 9.92 Å². The van der Waals surface area contributed by atoms with Gasteiger partial charge in [-0.25, -0.2) is 0 Å². The molecule has 4 aromatic rings. The minimum absolute atomic E-state index is 0.0790. The van der Waals surface area contributed by atoms with Crippen LogP contribution in [0.3, 0.4) is 0 Å². The largest absolute Gasteiger partial charge is 0.489 e. The van der Waals surface area contributed by atoms with Gasteiger partial charge in [-0.3, -0.25) is 0 Å². The summed E-state index contributed by atoms with van der Waals surface area (Å²) in [4.78, 5) is 0. The summed E-state index contributed by atoms with van der Waals surface area (Å²) in [6.07, 6.45) is 1.88. The molecule has 224 valence electrons. The number of ether oxygens (including phenoxy) is 1. The highest BCUT2D eigenvalue weighted by Crippen LogP contribution is 2.53. The van der Waals surface area contributed by atoms with Crippen molar-refractivity contribution in [2.24, 2.45) is 0 Å². The van der Waals surface area contributed by atoms with Crippen LogP contribution in [0, 0.1) is 6.92 Å². The Kier molecular flexibility index (Phi) is 8.40. The van der Waals surface area contributed by atoms with E-state index < -0.39 is 8.07 Å². The maximum atomic E-state index is 6.74. The summed E-state index contributed by atoms with van der Waals surface area (Å²) in [7, 11) is -2.30. The van der Waals surface area contributed by atoms with E-state index in [0.29, 0.717) is 12.1 Å².